The molecule has 2 aromatic rings. The second kappa shape index (κ2) is 7.24. The fourth-order valence-corrected chi connectivity index (χ4v) is 2.11. The lowest BCUT2D eigenvalue weighted by Crippen LogP contribution is -2.23. The van der Waals surface area contributed by atoms with E-state index in [0.717, 1.165) is 18.4 Å². The predicted molar refractivity (Wildman–Crippen MR) is 81.0 cm³/mol. The summed E-state index contributed by atoms with van der Waals surface area (Å²) in [5.41, 5.74) is 6.97. The summed E-state index contributed by atoms with van der Waals surface area (Å²) in [6.07, 6.45) is 3.02. The number of oxazole rings is 1. The fourth-order valence-electron chi connectivity index (χ4n) is 1.90. The van der Waals surface area contributed by atoms with Gasteiger partial charge in [-0.05, 0) is 18.1 Å². The van der Waals surface area contributed by atoms with Crippen molar-refractivity contribution >= 4 is 17.5 Å². The lowest BCUT2D eigenvalue weighted by atomic mass is 10.2. The third kappa shape index (κ3) is 4.06. The number of carbonyl (C=O) groups excluding carboxylic acids is 1. The minimum absolute atomic E-state index is 0.226. The Kier molecular flexibility index (Phi) is 5.36. The summed E-state index contributed by atoms with van der Waals surface area (Å²) in [6.45, 7) is 2.36. The highest BCUT2D eigenvalue weighted by Gasteiger charge is 2.16. The van der Waals surface area contributed by atoms with Crippen LogP contribution in [0, 0.1) is 0 Å². The molecule has 0 radical (unpaired) electrons. The third-order valence-corrected chi connectivity index (χ3v) is 3.44. The van der Waals surface area contributed by atoms with Gasteiger partial charge in [-0.15, -0.1) is 0 Å². The standard InChI is InChI=1S/C15H18ClN3O2/c1-2-5-12(17)15-19-13(9-21-15)14(20)18-8-10-6-3-4-7-11(10)16/h3-4,6-7,9,12H,2,5,8,17H2,1H3,(H,18,20). The van der Waals surface area contributed by atoms with E-state index in [1.807, 2.05) is 25.1 Å². The molecule has 1 aromatic carbocycles. The van der Waals surface area contributed by atoms with Crippen molar-refractivity contribution in [2.24, 2.45) is 5.73 Å². The zero-order chi connectivity index (χ0) is 15.2. The highest BCUT2D eigenvalue weighted by molar-refractivity contribution is 6.31. The van der Waals surface area contributed by atoms with E-state index in [1.54, 1.807) is 6.07 Å². The minimum Gasteiger partial charge on any atom is -0.446 e. The van der Waals surface area contributed by atoms with Gasteiger partial charge in [0.05, 0.1) is 6.04 Å². The Hall–Kier alpha value is -1.85. The van der Waals surface area contributed by atoms with Gasteiger partial charge in [0.2, 0.25) is 5.89 Å². The van der Waals surface area contributed by atoms with Crippen LogP contribution in [0.15, 0.2) is 34.9 Å². The summed E-state index contributed by atoms with van der Waals surface area (Å²) >= 11 is 6.03. The Labute approximate surface area is 128 Å². The summed E-state index contributed by atoms with van der Waals surface area (Å²) in [5, 5.41) is 3.37. The van der Waals surface area contributed by atoms with Gasteiger partial charge in [-0.1, -0.05) is 43.1 Å². The third-order valence-electron chi connectivity index (χ3n) is 3.07. The molecule has 1 amide bonds. The Bertz CT molecular complexity index is 612. The molecule has 112 valence electrons. The summed E-state index contributed by atoms with van der Waals surface area (Å²) in [5.74, 6) is 0.0772. The van der Waals surface area contributed by atoms with Gasteiger partial charge in [-0.3, -0.25) is 4.79 Å². The largest absolute Gasteiger partial charge is 0.446 e. The first kappa shape index (κ1) is 15.5. The smallest absolute Gasteiger partial charge is 0.273 e. The molecule has 21 heavy (non-hydrogen) atoms. The van der Waals surface area contributed by atoms with Gasteiger partial charge < -0.3 is 15.5 Å². The van der Waals surface area contributed by atoms with Crippen LogP contribution in [0.3, 0.4) is 0 Å². The zero-order valence-electron chi connectivity index (χ0n) is 11.8. The molecular formula is C15H18ClN3O2. The number of hydrogen-bond acceptors (Lipinski definition) is 4. The fraction of sp³-hybridized carbons (Fsp3) is 0.333. The molecule has 0 bridgehead atoms. The monoisotopic (exact) mass is 307 g/mol. The highest BCUT2D eigenvalue weighted by Crippen LogP contribution is 2.16. The van der Waals surface area contributed by atoms with Crippen molar-refractivity contribution in [1.29, 1.82) is 0 Å². The van der Waals surface area contributed by atoms with Crippen LogP contribution in [0.4, 0.5) is 0 Å². The molecule has 3 N–H and O–H groups in total. The van der Waals surface area contributed by atoms with Crippen molar-refractivity contribution in [2.75, 3.05) is 0 Å². The molecule has 2 rings (SSSR count). The SMILES string of the molecule is CCCC(N)c1nc(C(=O)NCc2ccccc2Cl)co1. The van der Waals surface area contributed by atoms with Gasteiger partial charge >= 0.3 is 0 Å². The number of amides is 1. The van der Waals surface area contributed by atoms with Crippen LogP contribution in [-0.2, 0) is 6.54 Å². The first-order valence-corrected chi connectivity index (χ1v) is 7.22. The molecule has 5 nitrogen and oxygen atoms in total. The number of aromatic nitrogens is 1. The first-order chi connectivity index (χ1) is 10.1. The molecule has 6 heteroatoms. The molecule has 0 spiro atoms. The topological polar surface area (TPSA) is 81.1 Å². The predicted octanol–water partition coefficient (Wildman–Crippen LogP) is 3.06. The van der Waals surface area contributed by atoms with Crippen molar-refractivity contribution in [2.45, 2.75) is 32.4 Å². The molecule has 0 aliphatic rings. The van der Waals surface area contributed by atoms with Crippen LogP contribution >= 0.6 is 11.6 Å². The van der Waals surface area contributed by atoms with Crippen molar-refractivity contribution in [3.05, 3.63) is 52.7 Å². The average Bonchev–Trinajstić information content (AvgIpc) is 2.96. The van der Waals surface area contributed by atoms with Crippen molar-refractivity contribution in [3.8, 4) is 0 Å². The van der Waals surface area contributed by atoms with Crippen LogP contribution in [0.5, 0.6) is 0 Å². The number of carbonyl (C=O) groups is 1. The van der Waals surface area contributed by atoms with Crippen molar-refractivity contribution in [3.63, 3.8) is 0 Å². The minimum atomic E-state index is -0.311. The second-order valence-electron chi connectivity index (χ2n) is 4.74. The van der Waals surface area contributed by atoms with Gasteiger partial charge in [0.25, 0.3) is 5.91 Å². The van der Waals surface area contributed by atoms with Crippen molar-refractivity contribution in [1.82, 2.24) is 10.3 Å². The van der Waals surface area contributed by atoms with E-state index in [1.165, 1.54) is 6.26 Å². The van der Waals surface area contributed by atoms with Crippen LogP contribution in [0.2, 0.25) is 5.02 Å². The first-order valence-electron chi connectivity index (χ1n) is 6.84. The number of nitrogens with one attached hydrogen (secondary N) is 1. The van der Waals surface area contributed by atoms with Crippen LogP contribution in [0.1, 0.15) is 47.7 Å². The lowest BCUT2D eigenvalue weighted by Gasteiger charge is -2.05. The molecule has 1 atom stereocenters. The Morgan fingerprint density at radius 2 is 2.24 bits per heavy atom. The van der Waals surface area contributed by atoms with Gasteiger partial charge in [0.15, 0.2) is 5.69 Å². The maximum atomic E-state index is 12.0. The summed E-state index contributed by atoms with van der Waals surface area (Å²) < 4.78 is 5.25. The van der Waals surface area contributed by atoms with Crippen LogP contribution in [0.25, 0.3) is 0 Å². The molecule has 0 saturated heterocycles. The molecule has 1 heterocycles. The lowest BCUT2D eigenvalue weighted by molar-refractivity contribution is 0.0946. The number of nitrogens with two attached hydrogens (primary N) is 1. The quantitative estimate of drug-likeness (QED) is 0.859. The number of halogens is 1. The molecular weight excluding hydrogens is 290 g/mol. The molecule has 1 aromatic heterocycles. The van der Waals surface area contributed by atoms with E-state index in [2.05, 4.69) is 10.3 Å². The van der Waals surface area contributed by atoms with E-state index in [9.17, 15) is 4.79 Å². The van der Waals surface area contributed by atoms with Gasteiger partial charge in [-0.2, -0.15) is 0 Å². The zero-order valence-corrected chi connectivity index (χ0v) is 12.6. The molecule has 0 fully saturated rings. The maximum Gasteiger partial charge on any atom is 0.273 e. The van der Waals surface area contributed by atoms with E-state index in [4.69, 9.17) is 21.8 Å². The Balaban J connectivity index is 1.96. The molecule has 0 aliphatic carbocycles. The molecule has 1 unspecified atom stereocenters. The van der Waals surface area contributed by atoms with Crippen LogP contribution in [-0.4, -0.2) is 10.9 Å². The van der Waals surface area contributed by atoms with Gasteiger partial charge in [0, 0.05) is 11.6 Å². The Morgan fingerprint density at radius 1 is 1.48 bits per heavy atom. The summed E-state index contributed by atoms with van der Waals surface area (Å²) in [7, 11) is 0. The van der Waals surface area contributed by atoms with Gasteiger partial charge in [0.1, 0.15) is 6.26 Å². The second-order valence-corrected chi connectivity index (χ2v) is 5.15. The average molecular weight is 308 g/mol. The number of nitrogens with zero attached hydrogens (tertiary/aromatic N) is 1. The summed E-state index contributed by atoms with van der Waals surface area (Å²) in [4.78, 5) is 16.1. The number of rotatable bonds is 6. The van der Waals surface area contributed by atoms with Crippen molar-refractivity contribution < 1.29 is 9.21 Å². The van der Waals surface area contributed by atoms with E-state index >= 15 is 0 Å². The normalized spacial score (nSPS) is 12.1. The summed E-state index contributed by atoms with van der Waals surface area (Å²) in [6, 6.07) is 7.06. The maximum absolute atomic E-state index is 12.0. The Morgan fingerprint density at radius 3 is 2.95 bits per heavy atom. The molecule has 0 aliphatic heterocycles. The number of hydrogen-bond donors (Lipinski definition) is 2. The van der Waals surface area contributed by atoms with E-state index in [-0.39, 0.29) is 17.6 Å². The van der Waals surface area contributed by atoms with E-state index in [0.29, 0.717) is 17.5 Å². The van der Waals surface area contributed by atoms with Crippen LogP contribution < -0.4 is 11.1 Å². The van der Waals surface area contributed by atoms with Gasteiger partial charge in [-0.25, -0.2) is 4.98 Å². The molecule has 0 saturated carbocycles. The number of benzene rings is 1. The van der Waals surface area contributed by atoms with E-state index < -0.39 is 0 Å². The highest BCUT2D eigenvalue weighted by atomic mass is 35.5.